The summed E-state index contributed by atoms with van der Waals surface area (Å²) in [6, 6.07) is -0.905. The van der Waals surface area contributed by atoms with Crippen LogP contribution < -0.4 is 5.32 Å². The first-order valence-corrected chi connectivity index (χ1v) is 7.42. The van der Waals surface area contributed by atoms with Crippen LogP contribution in [0.5, 0.6) is 0 Å². The van der Waals surface area contributed by atoms with Gasteiger partial charge in [0.15, 0.2) is 5.78 Å². The lowest BCUT2D eigenvalue weighted by Crippen LogP contribution is -2.46. The first-order chi connectivity index (χ1) is 9.68. The highest BCUT2D eigenvalue weighted by Gasteiger charge is 2.27. The van der Waals surface area contributed by atoms with Gasteiger partial charge in [-0.05, 0) is 26.2 Å². The average Bonchev–Trinajstić information content (AvgIpc) is 2.40. The fraction of sp³-hybridized carbons (Fsp3) is 0.714. The van der Waals surface area contributed by atoms with Crippen molar-refractivity contribution in [1.29, 1.82) is 5.41 Å². The van der Waals surface area contributed by atoms with E-state index in [1.165, 1.54) is 0 Å². The highest BCUT2D eigenvalue weighted by Crippen LogP contribution is 2.11. The van der Waals surface area contributed by atoms with Crippen LogP contribution in [-0.2, 0) is 19.1 Å². The van der Waals surface area contributed by atoms with Gasteiger partial charge in [-0.1, -0.05) is 13.8 Å². The van der Waals surface area contributed by atoms with Gasteiger partial charge >= 0.3 is 5.97 Å². The van der Waals surface area contributed by atoms with Gasteiger partial charge in [0.2, 0.25) is 5.91 Å². The Bertz CT molecular complexity index is 396. The first-order valence-electron chi connectivity index (χ1n) is 6.91. The third-order valence-corrected chi connectivity index (χ3v) is 3.52. The van der Waals surface area contributed by atoms with Crippen LogP contribution in [0, 0.1) is 11.3 Å². The summed E-state index contributed by atoms with van der Waals surface area (Å²) in [5, 5.41) is 8.87. The minimum Gasteiger partial charge on any atom is -0.461 e. The smallest absolute Gasteiger partial charge is 0.328 e. The van der Waals surface area contributed by atoms with Crippen LogP contribution in [0.3, 0.4) is 0 Å². The topological polar surface area (TPSA) is 96.3 Å². The van der Waals surface area contributed by atoms with E-state index in [-0.39, 0.29) is 30.8 Å². The largest absolute Gasteiger partial charge is 0.461 e. The maximum atomic E-state index is 12.0. The molecule has 0 aliphatic carbocycles. The number of carbonyl (C=O) groups excluding carboxylic acids is 3. The second-order valence-electron chi connectivity index (χ2n) is 5.38. The first kappa shape index (κ1) is 19.6. The number of hydrogen-bond donors (Lipinski definition) is 3. The van der Waals surface area contributed by atoms with Gasteiger partial charge in [-0.3, -0.25) is 9.59 Å². The molecule has 0 aromatic heterocycles. The van der Waals surface area contributed by atoms with Crippen molar-refractivity contribution in [1.82, 2.24) is 5.32 Å². The molecule has 0 saturated carbocycles. The molecule has 0 heterocycles. The van der Waals surface area contributed by atoms with E-state index in [1.807, 2.05) is 13.8 Å². The van der Waals surface area contributed by atoms with E-state index >= 15 is 0 Å². The normalized spacial score (nSPS) is 13.7. The molecule has 0 fully saturated rings. The lowest BCUT2D eigenvalue weighted by Gasteiger charge is -2.21. The van der Waals surface area contributed by atoms with Crippen molar-refractivity contribution < 1.29 is 19.1 Å². The Balaban J connectivity index is 4.78. The highest BCUT2D eigenvalue weighted by molar-refractivity contribution is 7.81. The van der Waals surface area contributed by atoms with Gasteiger partial charge in [-0.25, -0.2) is 4.79 Å². The second-order valence-corrected chi connectivity index (χ2v) is 5.94. The molecule has 0 bridgehead atoms. The number of hydrogen-bond acceptors (Lipinski definition) is 6. The van der Waals surface area contributed by atoms with Gasteiger partial charge in [-0.2, -0.15) is 12.6 Å². The molecule has 0 unspecified atom stereocenters. The second kappa shape index (κ2) is 9.55. The summed E-state index contributed by atoms with van der Waals surface area (Å²) >= 11 is 4.19. The maximum Gasteiger partial charge on any atom is 0.328 e. The van der Waals surface area contributed by atoms with Crippen LogP contribution in [0.2, 0.25) is 0 Å². The van der Waals surface area contributed by atoms with E-state index in [1.54, 1.807) is 13.8 Å². The quantitative estimate of drug-likeness (QED) is 0.340. The van der Waals surface area contributed by atoms with E-state index in [4.69, 9.17) is 10.1 Å². The lowest BCUT2D eigenvalue weighted by molar-refractivity contribution is -0.151. The fourth-order valence-corrected chi connectivity index (χ4v) is 1.56. The van der Waals surface area contributed by atoms with E-state index < -0.39 is 23.0 Å². The number of thiol groups is 1. The molecule has 0 aromatic rings. The van der Waals surface area contributed by atoms with Crippen molar-refractivity contribution in [3.8, 4) is 0 Å². The Hall–Kier alpha value is -1.37. The van der Waals surface area contributed by atoms with Crippen LogP contribution in [0.4, 0.5) is 0 Å². The van der Waals surface area contributed by atoms with Gasteiger partial charge in [0.1, 0.15) is 6.04 Å². The molecular formula is C14H24N2O4S. The molecule has 0 rings (SSSR count). The zero-order chi connectivity index (χ0) is 16.6. The van der Waals surface area contributed by atoms with Gasteiger partial charge in [0.25, 0.3) is 0 Å². The third-order valence-electron chi connectivity index (χ3n) is 2.69. The molecule has 0 aliphatic heterocycles. The number of carbonyl (C=O) groups is 3. The molecule has 0 radical (unpaired) electrons. The molecule has 2 N–H and O–H groups in total. The number of rotatable bonds is 9. The molecule has 120 valence electrons. The molecule has 7 heteroatoms. The molecular weight excluding hydrogens is 292 g/mol. The van der Waals surface area contributed by atoms with Crippen LogP contribution in [0.15, 0.2) is 0 Å². The Morgan fingerprint density at radius 2 is 1.81 bits per heavy atom. The van der Waals surface area contributed by atoms with Gasteiger partial charge in [-0.15, -0.1) is 0 Å². The predicted octanol–water partition coefficient (Wildman–Crippen LogP) is 1.38. The summed E-state index contributed by atoms with van der Waals surface area (Å²) < 4.78 is 5.07. The summed E-state index contributed by atoms with van der Waals surface area (Å²) in [4.78, 5) is 35.1. The van der Waals surface area contributed by atoms with Crippen LogP contribution in [0.25, 0.3) is 0 Å². The Morgan fingerprint density at radius 1 is 1.24 bits per heavy atom. The Labute approximate surface area is 130 Å². The summed E-state index contributed by atoms with van der Waals surface area (Å²) in [7, 11) is 0. The number of Topliss-reactive ketones (excluding diaryl/α,β-unsaturated/α-hetero) is 1. The van der Waals surface area contributed by atoms with E-state index in [0.29, 0.717) is 6.21 Å². The van der Waals surface area contributed by atoms with E-state index in [9.17, 15) is 14.4 Å². The summed E-state index contributed by atoms with van der Waals surface area (Å²) in [6.07, 6.45) is 0.486. The highest BCUT2D eigenvalue weighted by atomic mass is 32.1. The SMILES string of the molecule is CC(C)OC(=O)[C@H](CCC(=O)C=N)NC(=O)[C@@H](S)C(C)C. The van der Waals surface area contributed by atoms with Crippen LogP contribution >= 0.6 is 12.6 Å². The molecule has 2 atom stereocenters. The summed E-state index contributed by atoms with van der Waals surface area (Å²) in [6.45, 7) is 7.10. The van der Waals surface area contributed by atoms with Crippen molar-refractivity contribution >= 4 is 36.5 Å². The number of ether oxygens (including phenoxy) is 1. The van der Waals surface area contributed by atoms with E-state index in [0.717, 1.165) is 0 Å². The summed E-state index contributed by atoms with van der Waals surface area (Å²) in [5.74, 6) is -1.35. The molecule has 0 aromatic carbocycles. The molecule has 6 nitrogen and oxygen atoms in total. The van der Waals surface area contributed by atoms with Crippen LogP contribution in [0.1, 0.15) is 40.5 Å². The maximum absolute atomic E-state index is 12.0. The monoisotopic (exact) mass is 316 g/mol. The summed E-state index contributed by atoms with van der Waals surface area (Å²) in [5.41, 5.74) is 0. The number of nitrogens with one attached hydrogen (secondary N) is 2. The van der Waals surface area contributed by atoms with Gasteiger partial charge < -0.3 is 15.5 Å². The van der Waals surface area contributed by atoms with Crippen molar-refractivity contribution in [2.75, 3.05) is 0 Å². The standard InChI is InChI=1S/C14H24N2O4S/c1-8(2)12(21)13(18)16-11(6-5-10(17)7-15)14(19)20-9(3)4/h7-9,11-12,15,21H,5-6H2,1-4H3,(H,16,18)/t11-,12-/m0/s1. The van der Waals surface area contributed by atoms with Gasteiger partial charge in [0, 0.05) is 6.42 Å². The molecule has 21 heavy (non-hydrogen) atoms. The van der Waals surface area contributed by atoms with Crippen molar-refractivity contribution in [3.05, 3.63) is 0 Å². The third kappa shape index (κ3) is 7.84. The Morgan fingerprint density at radius 3 is 2.24 bits per heavy atom. The Kier molecular flexibility index (Phi) is 8.92. The fourth-order valence-electron chi connectivity index (χ4n) is 1.48. The number of amides is 1. The lowest BCUT2D eigenvalue weighted by atomic mass is 10.1. The number of esters is 1. The minimum absolute atomic E-state index is 0.000554. The minimum atomic E-state index is -0.905. The molecule has 0 spiro atoms. The van der Waals surface area contributed by atoms with Crippen LogP contribution in [-0.4, -0.2) is 41.3 Å². The molecule has 0 aliphatic rings. The zero-order valence-corrected chi connectivity index (χ0v) is 13.8. The van der Waals surface area contributed by atoms with Crippen molar-refractivity contribution in [3.63, 3.8) is 0 Å². The van der Waals surface area contributed by atoms with Crippen molar-refractivity contribution in [2.24, 2.45) is 5.92 Å². The van der Waals surface area contributed by atoms with Crippen molar-refractivity contribution in [2.45, 2.75) is 57.9 Å². The zero-order valence-electron chi connectivity index (χ0n) is 12.9. The molecule has 0 saturated heterocycles. The van der Waals surface area contributed by atoms with E-state index in [2.05, 4.69) is 17.9 Å². The predicted molar refractivity (Wildman–Crippen MR) is 83.8 cm³/mol. The number of ketones is 1. The van der Waals surface area contributed by atoms with Gasteiger partial charge in [0.05, 0.1) is 17.6 Å². The average molecular weight is 316 g/mol. The molecule has 1 amide bonds.